The molecular formula is C10H11ClN6O. The van der Waals surface area contributed by atoms with Gasteiger partial charge in [-0.3, -0.25) is 9.89 Å². The Labute approximate surface area is 107 Å². The molecule has 0 aliphatic carbocycles. The third-order valence-corrected chi connectivity index (χ3v) is 3.05. The van der Waals surface area contributed by atoms with E-state index in [2.05, 4.69) is 30.8 Å². The molecule has 3 heterocycles. The summed E-state index contributed by atoms with van der Waals surface area (Å²) in [5.74, 6) is 0.718. The lowest BCUT2D eigenvalue weighted by molar-refractivity contribution is -0.119. The van der Waals surface area contributed by atoms with Gasteiger partial charge >= 0.3 is 0 Å². The van der Waals surface area contributed by atoms with Gasteiger partial charge in [-0.2, -0.15) is 15.1 Å². The van der Waals surface area contributed by atoms with Crippen molar-refractivity contribution in [1.82, 2.24) is 25.5 Å². The van der Waals surface area contributed by atoms with Crippen LogP contribution in [0.2, 0.25) is 5.28 Å². The van der Waals surface area contributed by atoms with Gasteiger partial charge in [0.25, 0.3) is 0 Å². The number of carbonyl (C=O) groups is 1. The van der Waals surface area contributed by atoms with Crippen molar-refractivity contribution >= 4 is 34.4 Å². The fraction of sp³-hybridized carbons (Fsp3) is 0.400. The fourth-order valence-corrected chi connectivity index (χ4v) is 2.16. The third kappa shape index (κ3) is 2.08. The second-order valence-corrected chi connectivity index (χ2v) is 4.50. The summed E-state index contributed by atoms with van der Waals surface area (Å²) in [4.78, 5) is 19.2. The smallest absolute Gasteiger partial charge is 0.226 e. The number of amides is 1. The molecule has 94 valence electrons. The van der Waals surface area contributed by atoms with Crippen molar-refractivity contribution in [1.29, 1.82) is 0 Å². The van der Waals surface area contributed by atoms with Gasteiger partial charge in [-0.1, -0.05) is 0 Å². The van der Waals surface area contributed by atoms with Gasteiger partial charge in [0.05, 0.1) is 11.6 Å². The van der Waals surface area contributed by atoms with E-state index >= 15 is 0 Å². The minimum Gasteiger partial charge on any atom is -0.367 e. The maximum atomic E-state index is 11.1. The van der Waals surface area contributed by atoms with Gasteiger partial charge in [-0.25, -0.2) is 0 Å². The molecule has 1 aliphatic heterocycles. The van der Waals surface area contributed by atoms with Crippen LogP contribution in [-0.4, -0.2) is 38.7 Å². The average Bonchev–Trinajstić information content (AvgIpc) is 2.94. The number of anilines is 1. The molecule has 1 aliphatic rings. The van der Waals surface area contributed by atoms with Gasteiger partial charge in [0.15, 0.2) is 5.65 Å². The fourth-order valence-electron chi connectivity index (χ4n) is 1.99. The highest BCUT2D eigenvalue weighted by Gasteiger charge is 2.20. The van der Waals surface area contributed by atoms with Crippen molar-refractivity contribution < 1.29 is 4.79 Å². The van der Waals surface area contributed by atoms with E-state index in [9.17, 15) is 4.79 Å². The molecule has 1 fully saturated rings. The van der Waals surface area contributed by atoms with E-state index in [-0.39, 0.29) is 17.2 Å². The zero-order chi connectivity index (χ0) is 12.5. The number of aromatic nitrogens is 4. The van der Waals surface area contributed by atoms with Crippen molar-refractivity contribution in [3.05, 3.63) is 11.5 Å². The van der Waals surface area contributed by atoms with Gasteiger partial charge in [-0.05, 0) is 18.0 Å². The van der Waals surface area contributed by atoms with Crippen molar-refractivity contribution in [3.8, 4) is 0 Å². The molecule has 3 rings (SSSR count). The number of nitrogens with zero attached hydrogens (tertiary/aromatic N) is 3. The van der Waals surface area contributed by atoms with Crippen LogP contribution in [-0.2, 0) is 4.79 Å². The van der Waals surface area contributed by atoms with Gasteiger partial charge < -0.3 is 10.6 Å². The second-order valence-electron chi connectivity index (χ2n) is 4.16. The standard InChI is InChI=1S/C10H11ClN6O/c11-10-15-8(6-4-13-17-9(6)16-10)12-3-5-1-2-7(18)14-5/h4-5H,1-3H2,(H,14,18)(H2,12,13,15,16,17). The summed E-state index contributed by atoms with van der Waals surface area (Å²) >= 11 is 5.82. The van der Waals surface area contributed by atoms with Crippen LogP contribution in [0.15, 0.2) is 6.20 Å². The zero-order valence-electron chi connectivity index (χ0n) is 9.40. The second kappa shape index (κ2) is 4.41. The Bertz CT molecular complexity index is 597. The van der Waals surface area contributed by atoms with Gasteiger partial charge in [0, 0.05) is 19.0 Å². The first-order chi connectivity index (χ1) is 8.72. The first-order valence-corrected chi connectivity index (χ1v) is 6.00. The Balaban J connectivity index is 1.77. The van der Waals surface area contributed by atoms with Gasteiger partial charge in [0.2, 0.25) is 11.2 Å². The van der Waals surface area contributed by atoms with Crippen molar-refractivity contribution in [2.45, 2.75) is 18.9 Å². The van der Waals surface area contributed by atoms with E-state index in [1.54, 1.807) is 6.20 Å². The van der Waals surface area contributed by atoms with Crippen LogP contribution in [0.1, 0.15) is 12.8 Å². The van der Waals surface area contributed by atoms with E-state index in [0.717, 1.165) is 11.8 Å². The van der Waals surface area contributed by atoms with Crippen molar-refractivity contribution in [2.75, 3.05) is 11.9 Å². The Kier molecular flexibility index (Phi) is 2.75. The Morgan fingerprint density at radius 3 is 3.17 bits per heavy atom. The van der Waals surface area contributed by atoms with Crippen LogP contribution in [0.5, 0.6) is 0 Å². The molecule has 1 unspecified atom stereocenters. The summed E-state index contributed by atoms with van der Waals surface area (Å²) in [6.07, 6.45) is 3.05. The largest absolute Gasteiger partial charge is 0.367 e. The first kappa shape index (κ1) is 11.2. The van der Waals surface area contributed by atoms with Crippen LogP contribution in [0, 0.1) is 0 Å². The average molecular weight is 267 g/mol. The highest BCUT2D eigenvalue weighted by molar-refractivity contribution is 6.28. The number of carbonyl (C=O) groups excluding carboxylic acids is 1. The van der Waals surface area contributed by atoms with E-state index < -0.39 is 0 Å². The highest BCUT2D eigenvalue weighted by Crippen LogP contribution is 2.20. The van der Waals surface area contributed by atoms with Crippen molar-refractivity contribution in [3.63, 3.8) is 0 Å². The topological polar surface area (TPSA) is 95.6 Å². The molecule has 18 heavy (non-hydrogen) atoms. The predicted octanol–water partition coefficient (Wildman–Crippen LogP) is 0.697. The van der Waals surface area contributed by atoms with Crippen LogP contribution >= 0.6 is 11.6 Å². The summed E-state index contributed by atoms with van der Waals surface area (Å²) in [6, 6.07) is 0.133. The molecule has 2 aromatic heterocycles. The van der Waals surface area contributed by atoms with Crippen LogP contribution in [0.25, 0.3) is 11.0 Å². The number of aromatic amines is 1. The van der Waals surface area contributed by atoms with Crippen molar-refractivity contribution in [2.24, 2.45) is 0 Å². The Hall–Kier alpha value is -1.89. The zero-order valence-corrected chi connectivity index (χ0v) is 10.2. The predicted molar refractivity (Wildman–Crippen MR) is 66.3 cm³/mol. The Morgan fingerprint density at radius 2 is 2.39 bits per heavy atom. The summed E-state index contributed by atoms with van der Waals surface area (Å²) < 4.78 is 0. The molecule has 3 N–H and O–H groups in total. The van der Waals surface area contributed by atoms with Gasteiger partial charge in [0.1, 0.15) is 5.82 Å². The van der Waals surface area contributed by atoms with E-state index in [1.807, 2.05) is 0 Å². The monoisotopic (exact) mass is 266 g/mol. The number of hydrogen-bond acceptors (Lipinski definition) is 5. The van der Waals surface area contributed by atoms with Crippen LogP contribution in [0.3, 0.4) is 0 Å². The number of halogens is 1. The third-order valence-electron chi connectivity index (χ3n) is 2.88. The minimum absolute atomic E-state index is 0.0935. The maximum Gasteiger partial charge on any atom is 0.226 e. The number of nitrogens with one attached hydrogen (secondary N) is 3. The number of fused-ring (bicyclic) bond motifs is 1. The molecule has 1 saturated heterocycles. The summed E-state index contributed by atoms with van der Waals surface area (Å²) in [5.41, 5.74) is 0.591. The number of rotatable bonds is 3. The normalized spacial score (nSPS) is 19.2. The molecule has 0 saturated carbocycles. The maximum absolute atomic E-state index is 11.1. The quantitative estimate of drug-likeness (QED) is 0.711. The minimum atomic E-state index is 0.0935. The Morgan fingerprint density at radius 1 is 1.50 bits per heavy atom. The molecule has 8 heteroatoms. The molecule has 7 nitrogen and oxygen atoms in total. The summed E-state index contributed by atoms with van der Waals surface area (Å²) in [5, 5.41) is 13.6. The molecular weight excluding hydrogens is 256 g/mol. The van der Waals surface area contributed by atoms with E-state index in [1.165, 1.54) is 0 Å². The highest BCUT2D eigenvalue weighted by atomic mass is 35.5. The van der Waals surface area contributed by atoms with Crippen LogP contribution in [0.4, 0.5) is 5.82 Å². The molecule has 2 aromatic rings. The number of hydrogen-bond donors (Lipinski definition) is 3. The molecule has 0 radical (unpaired) electrons. The lowest BCUT2D eigenvalue weighted by atomic mass is 10.2. The van der Waals surface area contributed by atoms with Gasteiger partial charge in [-0.15, -0.1) is 0 Å². The molecule has 0 spiro atoms. The number of H-pyrrole nitrogens is 1. The van der Waals surface area contributed by atoms with E-state index in [4.69, 9.17) is 11.6 Å². The van der Waals surface area contributed by atoms with E-state index in [0.29, 0.717) is 24.4 Å². The summed E-state index contributed by atoms with van der Waals surface area (Å²) in [6.45, 7) is 0.610. The molecule has 0 bridgehead atoms. The SMILES string of the molecule is O=C1CCC(CNc2nc(Cl)nc3[nH]ncc23)N1. The van der Waals surface area contributed by atoms with Crippen LogP contribution < -0.4 is 10.6 Å². The molecule has 1 amide bonds. The molecule has 1 atom stereocenters. The lowest BCUT2D eigenvalue weighted by Gasteiger charge is -2.12. The summed E-state index contributed by atoms with van der Waals surface area (Å²) in [7, 11) is 0. The molecule has 0 aromatic carbocycles. The lowest BCUT2D eigenvalue weighted by Crippen LogP contribution is -2.32. The first-order valence-electron chi connectivity index (χ1n) is 5.62.